The summed E-state index contributed by atoms with van der Waals surface area (Å²) >= 11 is 0. The number of nitro groups is 1. The van der Waals surface area contributed by atoms with E-state index >= 15 is 0 Å². The molecule has 1 rings (SSSR count). The van der Waals surface area contributed by atoms with E-state index in [1.165, 1.54) is 12.1 Å². The molecule has 0 aromatic carbocycles. The summed E-state index contributed by atoms with van der Waals surface area (Å²) in [6.07, 6.45) is 1.93. The number of hydrogen-bond acceptors (Lipinski definition) is 7. The van der Waals surface area contributed by atoms with Crippen LogP contribution in [-0.4, -0.2) is 41.0 Å². The summed E-state index contributed by atoms with van der Waals surface area (Å²) in [7, 11) is 2.08. The van der Waals surface area contributed by atoms with E-state index in [0.717, 1.165) is 19.4 Å². The zero-order valence-electron chi connectivity index (χ0n) is 12.8. The third-order valence-corrected chi connectivity index (χ3v) is 3.33. The van der Waals surface area contributed by atoms with Gasteiger partial charge in [-0.3, -0.25) is 10.1 Å². The lowest BCUT2D eigenvalue weighted by Gasteiger charge is -2.20. The van der Waals surface area contributed by atoms with Crippen LogP contribution in [0, 0.1) is 10.1 Å². The largest absolute Gasteiger partial charge is 0.364 e. The molecule has 21 heavy (non-hydrogen) atoms. The Kier molecular flexibility index (Phi) is 6.83. The third-order valence-electron chi connectivity index (χ3n) is 3.33. The molecule has 1 aromatic rings. The standard InChI is InChI=1S/C13H24N6O2/c1-10(2)18(3)9-5-4-8-15-13-11(19(20)21)6-7-12(16-13)17-14/h6-7,10H,4-5,8-9,14H2,1-3H3,(H2,15,16,17). The van der Waals surface area contributed by atoms with E-state index in [1.807, 2.05) is 0 Å². The lowest BCUT2D eigenvalue weighted by Crippen LogP contribution is -2.27. The number of nitrogens with two attached hydrogens (primary N) is 1. The molecule has 1 aromatic heterocycles. The van der Waals surface area contributed by atoms with Crippen LogP contribution >= 0.6 is 0 Å². The van der Waals surface area contributed by atoms with Crippen LogP contribution in [0.3, 0.4) is 0 Å². The normalized spacial score (nSPS) is 11.0. The van der Waals surface area contributed by atoms with Crippen LogP contribution in [0.5, 0.6) is 0 Å². The fourth-order valence-electron chi connectivity index (χ4n) is 1.76. The van der Waals surface area contributed by atoms with Crippen molar-refractivity contribution in [3.05, 3.63) is 22.2 Å². The minimum absolute atomic E-state index is 0.0479. The molecule has 0 spiro atoms. The molecule has 0 radical (unpaired) electrons. The highest BCUT2D eigenvalue weighted by Gasteiger charge is 2.15. The summed E-state index contributed by atoms with van der Waals surface area (Å²) in [5, 5.41) is 13.9. The van der Waals surface area contributed by atoms with Crippen LogP contribution in [0.2, 0.25) is 0 Å². The number of unbranched alkanes of at least 4 members (excludes halogenated alkanes) is 1. The minimum Gasteiger partial charge on any atom is -0.364 e. The first-order chi connectivity index (χ1) is 9.95. The zero-order valence-corrected chi connectivity index (χ0v) is 12.8. The van der Waals surface area contributed by atoms with Crippen molar-refractivity contribution in [1.29, 1.82) is 0 Å². The number of nitrogen functional groups attached to an aromatic ring is 1. The highest BCUT2D eigenvalue weighted by atomic mass is 16.6. The van der Waals surface area contributed by atoms with Crippen molar-refractivity contribution in [3.8, 4) is 0 Å². The van der Waals surface area contributed by atoms with Crippen LogP contribution in [0.4, 0.5) is 17.3 Å². The van der Waals surface area contributed by atoms with Gasteiger partial charge in [-0.15, -0.1) is 0 Å². The number of hydrogen-bond donors (Lipinski definition) is 3. The molecule has 0 atom stereocenters. The van der Waals surface area contributed by atoms with Crippen LogP contribution in [0.15, 0.2) is 12.1 Å². The maximum Gasteiger partial charge on any atom is 0.311 e. The average Bonchev–Trinajstić information content (AvgIpc) is 2.45. The van der Waals surface area contributed by atoms with E-state index < -0.39 is 4.92 Å². The Bertz CT molecular complexity index is 466. The van der Waals surface area contributed by atoms with Gasteiger partial charge in [-0.2, -0.15) is 0 Å². The molecular formula is C13H24N6O2. The second-order valence-electron chi connectivity index (χ2n) is 5.17. The number of rotatable bonds is 9. The Balaban J connectivity index is 2.49. The molecular weight excluding hydrogens is 272 g/mol. The summed E-state index contributed by atoms with van der Waals surface area (Å²) in [5.41, 5.74) is 2.33. The molecule has 0 fully saturated rings. The maximum absolute atomic E-state index is 10.9. The molecule has 0 aliphatic rings. The predicted octanol–water partition coefficient (Wildman–Crippen LogP) is 1.81. The lowest BCUT2D eigenvalue weighted by atomic mass is 10.2. The molecule has 0 bridgehead atoms. The molecule has 0 unspecified atom stereocenters. The molecule has 0 aliphatic heterocycles. The van der Waals surface area contributed by atoms with Gasteiger partial charge in [0.1, 0.15) is 5.82 Å². The topological polar surface area (TPSA) is 109 Å². The Morgan fingerprint density at radius 2 is 2.14 bits per heavy atom. The van der Waals surface area contributed by atoms with Gasteiger partial charge < -0.3 is 15.6 Å². The summed E-state index contributed by atoms with van der Waals surface area (Å²) in [6, 6.07) is 3.38. The van der Waals surface area contributed by atoms with E-state index in [1.54, 1.807) is 0 Å². The van der Waals surface area contributed by atoms with Crippen LogP contribution in [-0.2, 0) is 0 Å². The molecule has 8 nitrogen and oxygen atoms in total. The van der Waals surface area contributed by atoms with Crippen molar-refractivity contribution in [2.45, 2.75) is 32.7 Å². The van der Waals surface area contributed by atoms with Crippen LogP contribution in [0.1, 0.15) is 26.7 Å². The SMILES string of the molecule is CC(C)N(C)CCCCNc1nc(NN)ccc1[N+](=O)[O-]. The second kappa shape index (κ2) is 8.38. The van der Waals surface area contributed by atoms with Crippen molar-refractivity contribution in [2.24, 2.45) is 5.84 Å². The van der Waals surface area contributed by atoms with Gasteiger partial charge in [0, 0.05) is 18.7 Å². The molecule has 118 valence electrons. The number of nitrogens with one attached hydrogen (secondary N) is 2. The molecule has 4 N–H and O–H groups in total. The van der Waals surface area contributed by atoms with Gasteiger partial charge in [0.25, 0.3) is 0 Å². The first-order valence-electron chi connectivity index (χ1n) is 7.02. The third kappa shape index (κ3) is 5.52. The Morgan fingerprint density at radius 3 is 2.71 bits per heavy atom. The molecule has 0 amide bonds. The molecule has 1 heterocycles. The van der Waals surface area contributed by atoms with Crippen LogP contribution in [0.25, 0.3) is 0 Å². The number of pyridine rings is 1. The van der Waals surface area contributed by atoms with Gasteiger partial charge in [0.05, 0.1) is 4.92 Å². The van der Waals surface area contributed by atoms with Crippen molar-refractivity contribution < 1.29 is 4.92 Å². The van der Waals surface area contributed by atoms with Crippen molar-refractivity contribution >= 4 is 17.3 Å². The molecule has 8 heteroatoms. The van der Waals surface area contributed by atoms with Crippen LogP contribution < -0.4 is 16.6 Å². The smallest absolute Gasteiger partial charge is 0.311 e. The maximum atomic E-state index is 10.9. The Morgan fingerprint density at radius 1 is 1.43 bits per heavy atom. The fraction of sp³-hybridized carbons (Fsp3) is 0.615. The highest BCUT2D eigenvalue weighted by Crippen LogP contribution is 2.23. The van der Waals surface area contributed by atoms with E-state index in [0.29, 0.717) is 18.4 Å². The van der Waals surface area contributed by atoms with Gasteiger partial charge in [0.2, 0.25) is 5.82 Å². The molecule has 0 saturated heterocycles. The minimum atomic E-state index is -0.456. The Labute approximate surface area is 124 Å². The molecule has 0 saturated carbocycles. The Hall–Kier alpha value is -1.93. The van der Waals surface area contributed by atoms with Gasteiger partial charge in [-0.1, -0.05) is 0 Å². The van der Waals surface area contributed by atoms with Gasteiger partial charge in [-0.25, -0.2) is 10.8 Å². The monoisotopic (exact) mass is 296 g/mol. The molecule has 0 aliphatic carbocycles. The zero-order chi connectivity index (χ0) is 15.8. The number of anilines is 2. The van der Waals surface area contributed by atoms with Gasteiger partial charge >= 0.3 is 5.69 Å². The summed E-state index contributed by atoms with van der Waals surface area (Å²) in [4.78, 5) is 16.8. The number of nitrogens with zero attached hydrogens (tertiary/aromatic N) is 3. The quantitative estimate of drug-likeness (QED) is 0.276. The van der Waals surface area contributed by atoms with E-state index in [-0.39, 0.29) is 11.5 Å². The highest BCUT2D eigenvalue weighted by molar-refractivity contribution is 5.59. The van der Waals surface area contributed by atoms with E-state index in [4.69, 9.17) is 5.84 Å². The summed E-state index contributed by atoms with van der Waals surface area (Å²) < 4.78 is 0. The summed E-state index contributed by atoms with van der Waals surface area (Å²) in [5.74, 6) is 5.90. The number of hydrazine groups is 1. The second-order valence-corrected chi connectivity index (χ2v) is 5.17. The number of aromatic nitrogens is 1. The predicted molar refractivity (Wildman–Crippen MR) is 84.2 cm³/mol. The first-order valence-corrected chi connectivity index (χ1v) is 7.02. The van der Waals surface area contributed by atoms with E-state index in [2.05, 4.69) is 41.5 Å². The first kappa shape index (κ1) is 17.1. The average molecular weight is 296 g/mol. The lowest BCUT2D eigenvalue weighted by molar-refractivity contribution is -0.384. The van der Waals surface area contributed by atoms with Crippen molar-refractivity contribution in [2.75, 3.05) is 30.9 Å². The van der Waals surface area contributed by atoms with Crippen molar-refractivity contribution in [1.82, 2.24) is 9.88 Å². The van der Waals surface area contributed by atoms with Gasteiger partial charge in [-0.05, 0) is 46.3 Å². The van der Waals surface area contributed by atoms with E-state index in [9.17, 15) is 10.1 Å². The van der Waals surface area contributed by atoms with Crippen molar-refractivity contribution in [3.63, 3.8) is 0 Å². The van der Waals surface area contributed by atoms with Gasteiger partial charge in [0.15, 0.2) is 0 Å². The summed E-state index contributed by atoms with van der Waals surface area (Å²) in [6.45, 7) is 5.93. The fourth-order valence-corrected chi connectivity index (χ4v) is 1.76.